The van der Waals surface area contributed by atoms with Crippen molar-refractivity contribution in [2.45, 2.75) is 18.7 Å². The normalized spacial score (nSPS) is 17.2. The molecule has 2 aromatic carbocycles. The lowest BCUT2D eigenvalue weighted by atomic mass is 10.1. The molecule has 0 radical (unpaired) electrons. The van der Waals surface area contributed by atoms with Crippen LogP contribution in [0.15, 0.2) is 48.5 Å². The van der Waals surface area contributed by atoms with Crippen LogP contribution in [0.1, 0.15) is 22.1 Å². The molecule has 3 rings (SSSR count). The first-order chi connectivity index (χ1) is 11.5. The molecule has 24 heavy (non-hydrogen) atoms. The number of carbonyl (C=O) groups excluding carboxylic acids is 2. The average Bonchev–Trinajstić information content (AvgIpc) is 2.91. The highest BCUT2D eigenvalue weighted by Gasteiger charge is 2.34. The Morgan fingerprint density at radius 2 is 1.88 bits per heavy atom. The van der Waals surface area contributed by atoms with Crippen molar-refractivity contribution in [2.75, 3.05) is 5.75 Å². The molecular formula is C18H17ClN2O2S. The molecule has 4 nitrogen and oxygen atoms in total. The lowest BCUT2D eigenvalue weighted by Gasteiger charge is -2.24. The van der Waals surface area contributed by atoms with Gasteiger partial charge in [0.05, 0.1) is 12.2 Å². The van der Waals surface area contributed by atoms with Gasteiger partial charge in [-0.15, -0.1) is 11.8 Å². The zero-order chi connectivity index (χ0) is 17.1. The molecule has 124 valence electrons. The molecule has 1 saturated heterocycles. The van der Waals surface area contributed by atoms with Crippen LogP contribution in [-0.4, -0.2) is 22.6 Å². The lowest BCUT2D eigenvalue weighted by molar-refractivity contribution is -0.139. The second-order valence-corrected chi connectivity index (χ2v) is 7.18. The average molecular weight is 361 g/mol. The van der Waals surface area contributed by atoms with Crippen LogP contribution in [-0.2, 0) is 16.0 Å². The summed E-state index contributed by atoms with van der Waals surface area (Å²) in [6.07, 6.45) is 0.201. The number of halogens is 1. The third kappa shape index (κ3) is 3.91. The summed E-state index contributed by atoms with van der Waals surface area (Å²) in [5.74, 6) is 0.0556. The first kappa shape index (κ1) is 16.9. The number of hydrazine groups is 1. The van der Waals surface area contributed by atoms with Crippen LogP contribution in [0.3, 0.4) is 0 Å². The molecule has 1 unspecified atom stereocenters. The Morgan fingerprint density at radius 1 is 1.21 bits per heavy atom. The Kier molecular flexibility index (Phi) is 5.11. The summed E-state index contributed by atoms with van der Waals surface area (Å²) >= 11 is 7.36. The number of rotatable bonds is 4. The number of carbonyl (C=O) groups is 2. The zero-order valence-electron chi connectivity index (χ0n) is 13.2. The maximum Gasteiger partial charge on any atom is 0.252 e. The highest BCUT2D eigenvalue weighted by Crippen LogP contribution is 2.37. The maximum atomic E-state index is 12.3. The van der Waals surface area contributed by atoms with E-state index in [1.807, 2.05) is 31.2 Å². The van der Waals surface area contributed by atoms with Gasteiger partial charge in [0.25, 0.3) is 5.91 Å². The predicted molar refractivity (Wildman–Crippen MR) is 96.5 cm³/mol. The molecule has 0 bridgehead atoms. The van der Waals surface area contributed by atoms with Crippen LogP contribution in [0.2, 0.25) is 5.02 Å². The Hall–Kier alpha value is -1.98. The highest BCUT2D eigenvalue weighted by molar-refractivity contribution is 8.00. The molecule has 6 heteroatoms. The van der Waals surface area contributed by atoms with Gasteiger partial charge >= 0.3 is 0 Å². The van der Waals surface area contributed by atoms with Crippen molar-refractivity contribution >= 4 is 35.2 Å². The Morgan fingerprint density at radius 3 is 2.54 bits per heavy atom. The third-order valence-corrected chi connectivity index (χ3v) is 5.22. The quantitative estimate of drug-likeness (QED) is 0.907. The number of nitrogens with zero attached hydrogens (tertiary/aromatic N) is 1. The summed E-state index contributed by atoms with van der Waals surface area (Å²) in [6.45, 7) is 2.02. The highest BCUT2D eigenvalue weighted by atomic mass is 35.5. The minimum atomic E-state index is -0.217. The summed E-state index contributed by atoms with van der Waals surface area (Å²) in [7, 11) is 0. The summed E-state index contributed by atoms with van der Waals surface area (Å²) < 4.78 is 0. The first-order valence-electron chi connectivity index (χ1n) is 7.57. The van der Waals surface area contributed by atoms with Gasteiger partial charge in [-0.25, -0.2) is 5.01 Å². The SMILES string of the molecule is Cc1ccc(C2SCC(=O)N2NC(=O)Cc2ccc(Cl)cc2)cc1. The van der Waals surface area contributed by atoms with E-state index in [2.05, 4.69) is 5.43 Å². The summed E-state index contributed by atoms with van der Waals surface area (Å²) in [6, 6.07) is 15.1. The van der Waals surface area contributed by atoms with Crippen molar-refractivity contribution in [3.05, 3.63) is 70.2 Å². The topological polar surface area (TPSA) is 49.4 Å². The first-order valence-corrected chi connectivity index (χ1v) is 9.00. The zero-order valence-corrected chi connectivity index (χ0v) is 14.7. The minimum Gasteiger partial charge on any atom is -0.273 e. The molecule has 0 saturated carbocycles. The second kappa shape index (κ2) is 7.28. The lowest BCUT2D eigenvalue weighted by Crippen LogP contribution is -2.45. The standard InChI is InChI=1S/C18H17ClN2O2S/c1-12-2-6-14(7-3-12)18-21(17(23)11-24-18)20-16(22)10-13-4-8-15(19)9-5-13/h2-9,18H,10-11H2,1H3,(H,20,22). The number of benzene rings is 2. The number of aryl methyl sites for hydroxylation is 1. The Bertz CT molecular complexity index is 747. The van der Waals surface area contributed by atoms with Crippen molar-refractivity contribution < 1.29 is 9.59 Å². The van der Waals surface area contributed by atoms with Gasteiger partial charge in [-0.05, 0) is 30.2 Å². The number of amides is 2. The van der Waals surface area contributed by atoms with Crippen LogP contribution in [0, 0.1) is 6.92 Å². The van der Waals surface area contributed by atoms with Crippen LogP contribution < -0.4 is 5.43 Å². The van der Waals surface area contributed by atoms with E-state index in [0.29, 0.717) is 10.8 Å². The molecule has 2 amide bonds. The van der Waals surface area contributed by atoms with Crippen molar-refractivity contribution in [2.24, 2.45) is 0 Å². The van der Waals surface area contributed by atoms with E-state index in [-0.39, 0.29) is 23.6 Å². The molecule has 2 aromatic rings. The summed E-state index contributed by atoms with van der Waals surface area (Å²) in [5.41, 5.74) is 5.76. The number of hydrogen-bond acceptors (Lipinski definition) is 3. The van der Waals surface area contributed by atoms with Crippen molar-refractivity contribution in [3.8, 4) is 0 Å². The fourth-order valence-electron chi connectivity index (χ4n) is 2.48. The monoisotopic (exact) mass is 360 g/mol. The van der Waals surface area contributed by atoms with Gasteiger partial charge in [0, 0.05) is 5.02 Å². The predicted octanol–water partition coefficient (Wildman–Crippen LogP) is 3.50. The van der Waals surface area contributed by atoms with Crippen LogP contribution in [0.25, 0.3) is 0 Å². The van der Waals surface area contributed by atoms with E-state index in [4.69, 9.17) is 11.6 Å². The van der Waals surface area contributed by atoms with Gasteiger partial charge in [0.1, 0.15) is 5.37 Å². The molecule has 1 aliphatic rings. The molecule has 0 spiro atoms. The molecule has 0 aromatic heterocycles. The maximum absolute atomic E-state index is 12.3. The van der Waals surface area contributed by atoms with Crippen molar-refractivity contribution in [1.82, 2.24) is 10.4 Å². The fraction of sp³-hybridized carbons (Fsp3) is 0.222. The van der Waals surface area contributed by atoms with Crippen molar-refractivity contribution in [1.29, 1.82) is 0 Å². The van der Waals surface area contributed by atoms with Gasteiger partial charge in [-0.3, -0.25) is 15.0 Å². The molecular weight excluding hydrogens is 344 g/mol. The summed E-state index contributed by atoms with van der Waals surface area (Å²) in [5, 5.41) is 1.88. The number of thioether (sulfide) groups is 1. The van der Waals surface area contributed by atoms with Gasteiger partial charge in [0.2, 0.25) is 5.91 Å². The minimum absolute atomic E-state index is 0.0879. The molecule has 1 N–H and O–H groups in total. The molecule has 1 heterocycles. The van der Waals surface area contributed by atoms with E-state index >= 15 is 0 Å². The van der Waals surface area contributed by atoms with Crippen molar-refractivity contribution in [3.63, 3.8) is 0 Å². The van der Waals surface area contributed by atoms with Gasteiger partial charge < -0.3 is 0 Å². The van der Waals surface area contributed by atoms with Crippen LogP contribution in [0.5, 0.6) is 0 Å². The second-order valence-electron chi connectivity index (χ2n) is 5.68. The Labute approximate surface area is 150 Å². The molecule has 0 aliphatic carbocycles. The van der Waals surface area contributed by atoms with E-state index in [9.17, 15) is 9.59 Å². The molecule has 1 aliphatic heterocycles. The number of nitrogens with one attached hydrogen (secondary N) is 1. The largest absolute Gasteiger partial charge is 0.273 e. The van der Waals surface area contributed by atoms with E-state index in [1.165, 1.54) is 16.8 Å². The Balaban J connectivity index is 1.69. The van der Waals surface area contributed by atoms with Crippen LogP contribution in [0.4, 0.5) is 0 Å². The number of hydrogen-bond donors (Lipinski definition) is 1. The van der Waals surface area contributed by atoms with Gasteiger partial charge in [-0.2, -0.15) is 0 Å². The van der Waals surface area contributed by atoms with Crippen LogP contribution >= 0.6 is 23.4 Å². The smallest absolute Gasteiger partial charge is 0.252 e. The van der Waals surface area contributed by atoms with E-state index in [0.717, 1.165) is 16.7 Å². The third-order valence-electron chi connectivity index (χ3n) is 3.75. The summed E-state index contributed by atoms with van der Waals surface area (Å²) in [4.78, 5) is 24.4. The van der Waals surface area contributed by atoms with E-state index < -0.39 is 0 Å². The molecule has 1 atom stereocenters. The fourth-order valence-corrected chi connectivity index (χ4v) is 3.72. The van der Waals surface area contributed by atoms with E-state index in [1.54, 1.807) is 24.3 Å². The van der Waals surface area contributed by atoms with Gasteiger partial charge in [-0.1, -0.05) is 53.6 Å². The molecule has 1 fully saturated rings. The van der Waals surface area contributed by atoms with Gasteiger partial charge in [0.15, 0.2) is 0 Å².